The van der Waals surface area contributed by atoms with Crippen LogP contribution in [-0.4, -0.2) is 54.9 Å². The fourth-order valence-corrected chi connectivity index (χ4v) is 4.12. The molecular weight excluding hydrogens is 458 g/mol. The third kappa shape index (κ3) is 9.24. The van der Waals surface area contributed by atoms with Crippen molar-refractivity contribution in [1.29, 1.82) is 0 Å². The van der Waals surface area contributed by atoms with Crippen LogP contribution in [0.25, 0.3) is 0 Å². The van der Waals surface area contributed by atoms with Crippen molar-refractivity contribution in [3.05, 3.63) is 35.9 Å². The molecule has 1 heterocycles. The van der Waals surface area contributed by atoms with Gasteiger partial charge in [0.2, 0.25) is 11.8 Å². The van der Waals surface area contributed by atoms with E-state index in [4.69, 9.17) is 9.47 Å². The second-order valence-corrected chi connectivity index (χ2v) is 9.53. The summed E-state index contributed by atoms with van der Waals surface area (Å²) >= 11 is 4.52. The Morgan fingerprint density at radius 2 is 1.88 bits per heavy atom. The fraction of sp³-hybridized carbons (Fsp3) is 0.583. The molecule has 2 rings (SSSR count). The van der Waals surface area contributed by atoms with Crippen molar-refractivity contribution in [2.24, 2.45) is 11.8 Å². The first kappa shape index (κ1) is 27.5. The highest BCUT2D eigenvalue weighted by Gasteiger charge is 2.33. The van der Waals surface area contributed by atoms with Crippen molar-refractivity contribution in [1.82, 2.24) is 16.0 Å². The Bertz CT molecular complexity index is 835. The zero-order valence-electron chi connectivity index (χ0n) is 19.9. The van der Waals surface area contributed by atoms with Gasteiger partial charge in [0.1, 0.15) is 12.6 Å². The molecule has 3 N–H and O–H groups in total. The molecule has 1 saturated heterocycles. The summed E-state index contributed by atoms with van der Waals surface area (Å²) in [4.78, 5) is 49.5. The van der Waals surface area contributed by atoms with Gasteiger partial charge in [-0.2, -0.15) is 12.6 Å². The highest BCUT2D eigenvalue weighted by atomic mass is 32.1. The van der Waals surface area contributed by atoms with Crippen LogP contribution >= 0.6 is 12.6 Å². The summed E-state index contributed by atoms with van der Waals surface area (Å²) in [6.07, 6.45) is 0.629. The number of hydrogen-bond acceptors (Lipinski definition) is 7. The van der Waals surface area contributed by atoms with Crippen LogP contribution in [0.2, 0.25) is 0 Å². The van der Waals surface area contributed by atoms with E-state index in [0.717, 1.165) is 5.56 Å². The minimum atomic E-state index is -0.846. The summed E-state index contributed by atoms with van der Waals surface area (Å²) in [7, 11) is 1.28. The minimum Gasteiger partial charge on any atom is -0.469 e. The largest absolute Gasteiger partial charge is 0.469 e. The zero-order chi connectivity index (χ0) is 25.1. The van der Waals surface area contributed by atoms with E-state index in [0.29, 0.717) is 25.8 Å². The lowest BCUT2D eigenvalue weighted by Crippen LogP contribution is -2.53. The summed E-state index contributed by atoms with van der Waals surface area (Å²) in [5.74, 6) is -1.13. The van der Waals surface area contributed by atoms with Crippen LogP contribution < -0.4 is 16.0 Å². The predicted molar refractivity (Wildman–Crippen MR) is 130 cm³/mol. The Hall–Kier alpha value is -2.75. The molecule has 188 valence electrons. The van der Waals surface area contributed by atoms with Gasteiger partial charge in [0.15, 0.2) is 0 Å². The minimum absolute atomic E-state index is 0.0275. The number of thiol groups is 1. The topological polar surface area (TPSA) is 123 Å². The van der Waals surface area contributed by atoms with Gasteiger partial charge in [-0.25, -0.2) is 4.79 Å². The molecule has 4 atom stereocenters. The van der Waals surface area contributed by atoms with Crippen LogP contribution in [0.3, 0.4) is 0 Å². The maximum atomic E-state index is 13.2. The lowest BCUT2D eigenvalue weighted by molar-refractivity contribution is -0.141. The van der Waals surface area contributed by atoms with Gasteiger partial charge in [0.05, 0.1) is 13.5 Å². The van der Waals surface area contributed by atoms with Crippen molar-refractivity contribution in [3.63, 3.8) is 0 Å². The van der Waals surface area contributed by atoms with Gasteiger partial charge in [-0.05, 0) is 30.7 Å². The molecule has 0 saturated carbocycles. The number of hydrogen-bond donors (Lipinski definition) is 4. The SMILES string of the molecule is COC(=O)C[C@@H](S)[C@@H](C[C@@H]1CCNC1=O)NC(=O)[C@H](CC(C)C)NC(=O)OCc1ccccc1. The molecule has 0 aromatic heterocycles. The van der Waals surface area contributed by atoms with Crippen LogP contribution in [0, 0.1) is 11.8 Å². The van der Waals surface area contributed by atoms with Crippen molar-refractivity contribution < 1.29 is 28.7 Å². The van der Waals surface area contributed by atoms with E-state index in [1.165, 1.54) is 7.11 Å². The molecule has 0 bridgehead atoms. The maximum absolute atomic E-state index is 13.2. The smallest absolute Gasteiger partial charge is 0.408 e. The molecule has 0 unspecified atom stereocenters. The van der Waals surface area contributed by atoms with Gasteiger partial charge in [0.25, 0.3) is 0 Å². The van der Waals surface area contributed by atoms with Crippen LogP contribution in [-0.2, 0) is 30.5 Å². The lowest BCUT2D eigenvalue weighted by atomic mass is 9.94. The van der Waals surface area contributed by atoms with Crippen LogP contribution in [0.15, 0.2) is 30.3 Å². The van der Waals surface area contributed by atoms with Gasteiger partial charge in [-0.1, -0.05) is 44.2 Å². The van der Waals surface area contributed by atoms with Crippen molar-refractivity contribution in [2.45, 2.75) is 63.5 Å². The summed E-state index contributed by atoms with van der Waals surface area (Å²) in [5.41, 5.74) is 0.832. The van der Waals surface area contributed by atoms with E-state index in [9.17, 15) is 19.2 Å². The Labute approximate surface area is 206 Å². The molecule has 1 aromatic carbocycles. The highest BCUT2D eigenvalue weighted by molar-refractivity contribution is 7.81. The number of carbonyl (C=O) groups excluding carboxylic acids is 4. The molecule has 0 radical (unpaired) electrons. The number of methoxy groups -OCH3 is 1. The Kier molecular flexibility index (Phi) is 11.2. The van der Waals surface area contributed by atoms with Crippen LogP contribution in [0.1, 0.15) is 45.1 Å². The standard InChI is InChI=1S/C24H35N3O6S/c1-15(2)11-19(27-24(31)33-14-16-7-5-4-6-8-16)23(30)26-18(20(34)13-21(28)32-3)12-17-9-10-25-22(17)29/h4-8,15,17-20,34H,9-14H2,1-3H3,(H,25,29)(H,26,30)(H,27,31)/t17-,18+,19-,20+/m0/s1. The Morgan fingerprint density at radius 1 is 1.18 bits per heavy atom. The van der Waals surface area contributed by atoms with Crippen molar-refractivity contribution in [2.75, 3.05) is 13.7 Å². The molecule has 1 aliphatic heterocycles. The summed E-state index contributed by atoms with van der Waals surface area (Å²) in [6.45, 7) is 4.54. The zero-order valence-corrected chi connectivity index (χ0v) is 20.8. The first-order valence-electron chi connectivity index (χ1n) is 11.5. The second-order valence-electron chi connectivity index (χ2n) is 8.86. The molecule has 1 fully saturated rings. The van der Waals surface area contributed by atoms with Gasteiger partial charge >= 0.3 is 12.1 Å². The molecule has 3 amide bonds. The molecule has 9 nitrogen and oxygen atoms in total. The first-order valence-corrected chi connectivity index (χ1v) is 12.0. The van der Waals surface area contributed by atoms with E-state index < -0.39 is 35.3 Å². The average molecular weight is 494 g/mol. The number of esters is 1. The number of alkyl carbamates (subject to hydrolysis) is 1. The molecule has 34 heavy (non-hydrogen) atoms. The van der Waals surface area contributed by atoms with E-state index >= 15 is 0 Å². The van der Waals surface area contributed by atoms with E-state index in [1.807, 2.05) is 44.2 Å². The molecular formula is C24H35N3O6S. The number of benzene rings is 1. The van der Waals surface area contributed by atoms with Crippen LogP contribution in [0.4, 0.5) is 4.79 Å². The van der Waals surface area contributed by atoms with E-state index in [1.54, 1.807) is 0 Å². The van der Waals surface area contributed by atoms with Gasteiger partial charge in [-0.3, -0.25) is 14.4 Å². The highest BCUT2D eigenvalue weighted by Crippen LogP contribution is 2.22. The molecule has 0 spiro atoms. The molecule has 1 aromatic rings. The monoisotopic (exact) mass is 493 g/mol. The quantitative estimate of drug-likeness (QED) is 0.262. The van der Waals surface area contributed by atoms with Gasteiger partial charge in [-0.15, -0.1) is 0 Å². The van der Waals surface area contributed by atoms with Gasteiger partial charge < -0.3 is 25.4 Å². The third-order valence-electron chi connectivity index (χ3n) is 5.63. The number of ether oxygens (including phenoxy) is 2. The first-order chi connectivity index (χ1) is 16.2. The Balaban J connectivity index is 2.05. The van der Waals surface area contributed by atoms with Crippen molar-refractivity contribution in [3.8, 4) is 0 Å². The summed E-state index contributed by atoms with van der Waals surface area (Å²) in [5, 5.41) is 7.77. The maximum Gasteiger partial charge on any atom is 0.408 e. The normalized spacial score (nSPS) is 17.9. The summed E-state index contributed by atoms with van der Waals surface area (Å²) < 4.78 is 10.0. The third-order valence-corrected chi connectivity index (χ3v) is 6.17. The number of carbonyl (C=O) groups is 4. The molecule has 1 aliphatic rings. The lowest BCUT2D eigenvalue weighted by Gasteiger charge is -2.28. The number of nitrogens with one attached hydrogen (secondary N) is 3. The molecule has 0 aliphatic carbocycles. The predicted octanol–water partition coefficient (Wildman–Crippen LogP) is 2.20. The average Bonchev–Trinajstić information content (AvgIpc) is 3.21. The van der Waals surface area contributed by atoms with E-state index in [-0.39, 0.29) is 30.8 Å². The van der Waals surface area contributed by atoms with Crippen LogP contribution in [0.5, 0.6) is 0 Å². The molecule has 10 heteroatoms. The van der Waals surface area contributed by atoms with Crippen molar-refractivity contribution >= 4 is 36.5 Å². The fourth-order valence-electron chi connectivity index (χ4n) is 3.78. The number of rotatable bonds is 12. The number of amides is 3. The summed E-state index contributed by atoms with van der Waals surface area (Å²) in [6, 6.07) is 7.82. The Morgan fingerprint density at radius 3 is 2.47 bits per heavy atom. The van der Waals surface area contributed by atoms with E-state index in [2.05, 4.69) is 28.6 Å². The second kappa shape index (κ2) is 13.8. The van der Waals surface area contributed by atoms with Gasteiger partial charge in [0, 0.05) is 23.8 Å².